The molecule has 2 heteroatoms. The van der Waals surface area contributed by atoms with E-state index in [0.717, 1.165) is 0 Å². The Balaban J connectivity index is 2.02. The van der Waals surface area contributed by atoms with Gasteiger partial charge >= 0.3 is 0 Å². The highest BCUT2D eigenvalue weighted by Gasteiger charge is 2.15. The molecule has 0 amide bonds. The van der Waals surface area contributed by atoms with Gasteiger partial charge in [-0.1, -0.05) is 181 Å². The molecule has 0 radical (unpaired) electrons. The number of imidazole rings is 1. The fourth-order valence-corrected chi connectivity index (χ4v) is 6.10. The first kappa shape index (κ1) is 35.2. The molecule has 0 N–H and O–H groups in total. The minimum atomic E-state index is 0.585. The van der Waals surface area contributed by atoms with Crippen molar-refractivity contribution >= 4 is 0 Å². The Kier molecular flexibility index (Phi) is 24.5. The monoisotopic (exact) mass is 531 g/mol. The summed E-state index contributed by atoms with van der Waals surface area (Å²) in [4.78, 5) is 4.79. The third-order valence-electron chi connectivity index (χ3n) is 8.83. The summed E-state index contributed by atoms with van der Waals surface area (Å²) in [6, 6.07) is 0.588. The molecule has 0 aliphatic rings. The lowest BCUT2D eigenvalue weighted by atomic mass is 9.99. The maximum Gasteiger partial charge on any atom is 0.111 e. The highest BCUT2D eigenvalue weighted by Crippen LogP contribution is 2.26. The molecule has 0 bridgehead atoms. The molecule has 2 nitrogen and oxygen atoms in total. The molecule has 1 aromatic heterocycles. The molecular formula is C36H70N2. The van der Waals surface area contributed by atoms with E-state index in [0.29, 0.717) is 12.0 Å². The first-order chi connectivity index (χ1) is 18.7. The van der Waals surface area contributed by atoms with E-state index in [9.17, 15) is 0 Å². The van der Waals surface area contributed by atoms with Gasteiger partial charge in [0.05, 0.1) is 0 Å². The van der Waals surface area contributed by atoms with Crippen molar-refractivity contribution in [2.45, 2.75) is 213 Å². The van der Waals surface area contributed by atoms with Crippen LogP contribution in [0, 0.1) is 0 Å². The Morgan fingerprint density at radius 3 is 1.24 bits per heavy atom. The van der Waals surface area contributed by atoms with Crippen molar-refractivity contribution in [3.8, 4) is 0 Å². The highest BCUT2D eigenvalue weighted by atomic mass is 15.1. The zero-order valence-corrected chi connectivity index (χ0v) is 26.8. The van der Waals surface area contributed by atoms with Gasteiger partial charge in [-0.15, -0.1) is 0 Å². The second-order valence-corrected chi connectivity index (χ2v) is 12.7. The average Bonchev–Trinajstić information content (AvgIpc) is 3.42. The van der Waals surface area contributed by atoms with Crippen molar-refractivity contribution in [1.29, 1.82) is 0 Å². The average molecular weight is 531 g/mol. The molecule has 38 heavy (non-hydrogen) atoms. The third kappa shape index (κ3) is 19.3. The van der Waals surface area contributed by atoms with E-state index >= 15 is 0 Å². The van der Waals surface area contributed by atoms with Gasteiger partial charge in [0.2, 0.25) is 0 Å². The number of hydrogen-bond donors (Lipinski definition) is 0. The van der Waals surface area contributed by atoms with Crippen molar-refractivity contribution in [2.24, 2.45) is 0 Å². The molecule has 2 unspecified atom stereocenters. The minimum Gasteiger partial charge on any atom is -0.332 e. The van der Waals surface area contributed by atoms with E-state index in [2.05, 4.69) is 38.5 Å². The molecule has 0 aliphatic heterocycles. The molecule has 0 aliphatic carbocycles. The van der Waals surface area contributed by atoms with Crippen LogP contribution < -0.4 is 0 Å². The van der Waals surface area contributed by atoms with Gasteiger partial charge in [-0.05, 0) is 19.8 Å². The maximum absolute atomic E-state index is 4.79. The Bertz CT molecular complexity index is 592. The fourth-order valence-electron chi connectivity index (χ4n) is 6.10. The van der Waals surface area contributed by atoms with Crippen LogP contribution in [0.15, 0.2) is 12.4 Å². The molecule has 1 rings (SSSR count). The Labute approximate surface area is 240 Å². The smallest absolute Gasteiger partial charge is 0.111 e. The van der Waals surface area contributed by atoms with Crippen molar-refractivity contribution in [1.82, 2.24) is 9.55 Å². The fraction of sp³-hybridized carbons (Fsp3) is 0.917. The Hall–Kier alpha value is -0.790. The van der Waals surface area contributed by atoms with Gasteiger partial charge in [-0.25, -0.2) is 4.98 Å². The first-order valence-corrected chi connectivity index (χ1v) is 17.7. The minimum absolute atomic E-state index is 0.585. The first-order valence-electron chi connectivity index (χ1n) is 17.7. The number of rotatable bonds is 29. The lowest BCUT2D eigenvalue weighted by molar-refractivity contribution is 0.435. The van der Waals surface area contributed by atoms with Crippen LogP contribution in [-0.4, -0.2) is 9.55 Å². The number of hydrogen-bond acceptors (Lipinski definition) is 1. The van der Waals surface area contributed by atoms with Gasteiger partial charge in [0.25, 0.3) is 0 Å². The predicted octanol–water partition coefficient (Wildman–Crippen LogP) is 13.1. The van der Waals surface area contributed by atoms with Gasteiger partial charge < -0.3 is 4.57 Å². The van der Waals surface area contributed by atoms with Crippen LogP contribution in [0.5, 0.6) is 0 Å². The zero-order chi connectivity index (χ0) is 27.5. The molecule has 1 heterocycles. The summed E-state index contributed by atoms with van der Waals surface area (Å²) >= 11 is 0. The summed E-state index contributed by atoms with van der Waals surface area (Å²) in [6.07, 6.45) is 42.6. The highest BCUT2D eigenvalue weighted by molar-refractivity contribution is 5.01. The summed E-state index contributed by atoms with van der Waals surface area (Å²) in [5.74, 6) is 1.91. The van der Waals surface area contributed by atoms with Gasteiger partial charge in [-0.2, -0.15) is 0 Å². The van der Waals surface area contributed by atoms with Crippen molar-refractivity contribution in [3.05, 3.63) is 18.2 Å². The SMILES string of the molecule is CCCCCCCCCCCCCCCC(C)n1ccnc1C(C)CCCCCCCCCCCCCC. The Morgan fingerprint density at radius 2 is 0.842 bits per heavy atom. The zero-order valence-electron chi connectivity index (χ0n) is 26.8. The van der Waals surface area contributed by atoms with Gasteiger partial charge in [0.1, 0.15) is 5.82 Å². The van der Waals surface area contributed by atoms with E-state index in [1.807, 2.05) is 6.20 Å². The second-order valence-electron chi connectivity index (χ2n) is 12.7. The maximum atomic E-state index is 4.79. The number of unbranched alkanes of at least 4 members (excludes halogenated alkanes) is 23. The number of nitrogens with zero attached hydrogens (tertiary/aromatic N) is 2. The molecule has 0 fully saturated rings. The topological polar surface area (TPSA) is 17.8 Å². The molecule has 0 saturated carbocycles. The van der Waals surface area contributed by atoms with Crippen LogP contribution in [-0.2, 0) is 0 Å². The molecular weight excluding hydrogens is 460 g/mol. The summed E-state index contributed by atoms with van der Waals surface area (Å²) in [5, 5.41) is 0. The van der Waals surface area contributed by atoms with Crippen molar-refractivity contribution in [2.75, 3.05) is 0 Å². The van der Waals surface area contributed by atoms with E-state index in [1.165, 1.54) is 179 Å². The van der Waals surface area contributed by atoms with Crippen molar-refractivity contribution < 1.29 is 0 Å². The van der Waals surface area contributed by atoms with Gasteiger partial charge in [0, 0.05) is 24.4 Å². The van der Waals surface area contributed by atoms with Crippen LogP contribution in [0.3, 0.4) is 0 Å². The quantitative estimate of drug-likeness (QED) is 0.0941. The van der Waals surface area contributed by atoms with Crippen LogP contribution in [0.2, 0.25) is 0 Å². The summed E-state index contributed by atoms with van der Waals surface area (Å²) in [6.45, 7) is 9.41. The summed E-state index contributed by atoms with van der Waals surface area (Å²) < 4.78 is 2.49. The van der Waals surface area contributed by atoms with E-state index in [4.69, 9.17) is 4.98 Å². The normalized spacial score (nSPS) is 13.3. The molecule has 2 atom stereocenters. The van der Waals surface area contributed by atoms with Crippen LogP contribution >= 0.6 is 0 Å². The summed E-state index contributed by atoms with van der Waals surface area (Å²) in [5.41, 5.74) is 0. The van der Waals surface area contributed by atoms with Crippen molar-refractivity contribution in [3.63, 3.8) is 0 Å². The molecule has 0 spiro atoms. The predicted molar refractivity (Wildman–Crippen MR) is 171 cm³/mol. The second kappa shape index (κ2) is 26.4. The van der Waals surface area contributed by atoms with Gasteiger partial charge in [-0.3, -0.25) is 0 Å². The van der Waals surface area contributed by atoms with Crippen LogP contribution in [0.25, 0.3) is 0 Å². The standard InChI is InChI=1S/C36H70N2/c1-5-7-9-11-13-15-17-19-21-23-25-27-29-31-35(4)38-33-32-37-36(38)34(3)30-28-26-24-22-20-18-16-14-12-10-8-6-2/h32-35H,5-31H2,1-4H3. The van der Waals surface area contributed by atoms with E-state index < -0.39 is 0 Å². The molecule has 0 saturated heterocycles. The van der Waals surface area contributed by atoms with Crippen LogP contribution in [0.4, 0.5) is 0 Å². The van der Waals surface area contributed by atoms with Gasteiger partial charge in [0.15, 0.2) is 0 Å². The molecule has 1 aromatic rings. The molecule has 224 valence electrons. The largest absolute Gasteiger partial charge is 0.332 e. The number of aromatic nitrogens is 2. The lowest BCUT2D eigenvalue weighted by Crippen LogP contribution is -2.11. The lowest BCUT2D eigenvalue weighted by Gasteiger charge is -2.20. The third-order valence-corrected chi connectivity index (χ3v) is 8.83. The van der Waals surface area contributed by atoms with E-state index in [-0.39, 0.29) is 0 Å². The van der Waals surface area contributed by atoms with Crippen LogP contribution in [0.1, 0.15) is 219 Å². The van der Waals surface area contributed by atoms with E-state index in [1.54, 1.807) is 0 Å². The summed E-state index contributed by atoms with van der Waals surface area (Å²) in [7, 11) is 0. The molecule has 0 aromatic carbocycles. The Morgan fingerprint density at radius 1 is 0.500 bits per heavy atom.